The highest BCUT2D eigenvalue weighted by molar-refractivity contribution is 5.80. The first kappa shape index (κ1) is 13.3. The van der Waals surface area contributed by atoms with E-state index < -0.39 is 0 Å². The molecule has 1 aliphatic carbocycles. The third kappa shape index (κ3) is 4.29. The van der Waals surface area contributed by atoms with E-state index in [1.54, 1.807) is 0 Å². The molecule has 5 nitrogen and oxygen atoms in total. The highest BCUT2D eigenvalue weighted by Crippen LogP contribution is 2.28. The van der Waals surface area contributed by atoms with Crippen LogP contribution in [0, 0.1) is 5.92 Å². The van der Waals surface area contributed by atoms with Crippen molar-refractivity contribution in [3.63, 3.8) is 0 Å². The lowest BCUT2D eigenvalue weighted by molar-refractivity contribution is -0.131. The number of nitrogens with zero attached hydrogens (tertiary/aromatic N) is 1. The Morgan fingerprint density at radius 1 is 1.06 bits per heavy atom. The smallest absolute Gasteiger partial charge is 0.236 e. The van der Waals surface area contributed by atoms with Gasteiger partial charge in [-0.2, -0.15) is 0 Å². The fraction of sp³-hybridized carbons (Fsp3) is 0.846. The van der Waals surface area contributed by atoms with Crippen LogP contribution in [0.2, 0.25) is 0 Å². The lowest BCUT2D eigenvalue weighted by atomic mass is 10.1. The Hall–Kier alpha value is -1.10. The summed E-state index contributed by atoms with van der Waals surface area (Å²) in [5.41, 5.74) is 0. The van der Waals surface area contributed by atoms with Gasteiger partial charge in [0, 0.05) is 32.1 Å². The molecule has 18 heavy (non-hydrogen) atoms. The van der Waals surface area contributed by atoms with Crippen LogP contribution >= 0.6 is 0 Å². The van der Waals surface area contributed by atoms with E-state index in [4.69, 9.17) is 0 Å². The molecule has 2 amide bonds. The van der Waals surface area contributed by atoms with Gasteiger partial charge in [0.2, 0.25) is 11.8 Å². The minimum Gasteiger partial charge on any atom is -0.355 e. The van der Waals surface area contributed by atoms with Crippen molar-refractivity contribution >= 4 is 11.8 Å². The summed E-state index contributed by atoms with van der Waals surface area (Å²) >= 11 is 0. The van der Waals surface area contributed by atoms with Gasteiger partial charge in [-0.3, -0.25) is 9.59 Å². The van der Waals surface area contributed by atoms with Gasteiger partial charge in [-0.05, 0) is 32.1 Å². The van der Waals surface area contributed by atoms with Gasteiger partial charge in [0.05, 0.1) is 6.54 Å². The predicted octanol–water partition coefficient (Wildman–Crippen LogP) is 0.115. The van der Waals surface area contributed by atoms with E-state index in [0.717, 1.165) is 38.8 Å². The minimum atomic E-state index is 0.166. The molecule has 0 aromatic heterocycles. The average Bonchev–Trinajstić information content (AvgIpc) is 3.23. The first-order chi connectivity index (χ1) is 8.77. The Morgan fingerprint density at radius 2 is 1.78 bits per heavy atom. The van der Waals surface area contributed by atoms with Gasteiger partial charge in [-0.25, -0.2) is 0 Å². The van der Waals surface area contributed by atoms with E-state index in [1.807, 2.05) is 4.90 Å². The van der Waals surface area contributed by atoms with Crippen molar-refractivity contribution in [2.75, 3.05) is 32.7 Å². The maximum atomic E-state index is 11.8. The summed E-state index contributed by atoms with van der Waals surface area (Å²) in [5, 5.41) is 5.96. The number of piperidine rings is 1. The average molecular weight is 253 g/mol. The van der Waals surface area contributed by atoms with E-state index in [1.165, 1.54) is 6.42 Å². The van der Waals surface area contributed by atoms with Crippen LogP contribution in [0.15, 0.2) is 0 Å². The molecule has 2 fully saturated rings. The summed E-state index contributed by atoms with van der Waals surface area (Å²) < 4.78 is 0. The molecule has 0 aromatic carbocycles. The van der Waals surface area contributed by atoms with Crippen molar-refractivity contribution in [2.45, 2.75) is 32.1 Å². The lowest BCUT2D eigenvalue weighted by Crippen LogP contribution is -2.42. The van der Waals surface area contributed by atoms with Crippen molar-refractivity contribution in [1.29, 1.82) is 0 Å². The Bertz CT molecular complexity index is 297. The fourth-order valence-electron chi connectivity index (χ4n) is 2.21. The monoisotopic (exact) mass is 253 g/mol. The predicted molar refractivity (Wildman–Crippen MR) is 69.0 cm³/mol. The van der Waals surface area contributed by atoms with Crippen LogP contribution in [0.3, 0.4) is 0 Å². The van der Waals surface area contributed by atoms with Crippen LogP contribution in [0.5, 0.6) is 0 Å². The van der Waals surface area contributed by atoms with E-state index >= 15 is 0 Å². The van der Waals surface area contributed by atoms with Crippen LogP contribution in [0.1, 0.15) is 32.1 Å². The van der Waals surface area contributed by atoms with Gasteiger partial charge in [-0.1, -0.05) is 0 Å². The topological polar surface area (TPSA) is 61.4 Å². The summed E-state index contributed by atoms with van der Waals surface area (Å²) in [5.74, 6) is 0.613. The van der Waals surface area contributed by atoms with Crippen molar-refractivity contribution in [3.05, 3.63) is 0 Å². The molecular weight excluding hydrogens is 230 g/mol. The highest BCUT2D eigenvalue weighted by Gasteiger charge is 2.28. The van der Waals surface area contributed by atoms with Gasteiger partial charge < -0.3 is 15.5 Å². The maximum absolute atomic E-state index is 11.8. The van der Waals surface area contributed by atoms with Crippen LogP contribution < -0.4 is 10.6 Å². The molecule has 0 bridgehead atoms. The van der Waals surface area contributed by atoms with Gasteiger partial charge in [0.15, 0.2) is 0 Å². The third-order valence-corrected chi connectivity index (χ3v) is 3.53. The number of likely N-dealkylation sites (tertiary alicyclic amines) is 1. The zero-order valence-corrected chi connectivity index (χ0v) is 10.9. The second-order valence-electron chi connectivity index (χ2n) is 5.18. The number of carbonyl (C=O) groups excluding carboxylic acids is 2. The maximum Gasteiger partial charge on any atom is 0.236 e. The molecule has 5 heteroatoms. The normalized spacial score (nSPS) is 19.7. The van der Waals surface area contributed by atoms with Crippen molar-refractivity contribution < 1.29 is 9.59 Å². The molecule has 0 radical (unpaired) electrons. The summed E-state index contributed by atoms with van der Waals surface area (Å²) in [4.78, 5) is 25.1. The van der Waals surface area contributed by atoms with Gasteiger partial charge in [0.1, 0.15) is 0 Å². The SMILES string of the molecule is O=C(NCCNCC(=O)N1CCCCC1)C1CC1. The minimum absolute atomic E-state index is 0.166. The molecule has 0 spiro atoms. The van der Waals surface area contributed by atoms with Crippen molar-refractivity contribution in [2.24, 2.45) is 5.92 Å². The summed E-state index contributed by atoms with van der Waals surface area (Å²) in [6.07, 6.45) is 5.57. The Balaban J connectivity index is 1.49. The van der Waals surface area contributed by atoms with E-state index in [-0.39, 0.29) is 17.7 Å². The molecule has 1 saturated carbocycles. The molecular formula is C13H23N3O2. The van der Waals surface area contributed by atoms with Crippen LogP contribution in [-0.4, -0.2) is 49.4 Å². The summed E-state index contributed by atoms with van der Waals surface area (Å²) in [6.45, 7) is 3.47. The molecule has 0 atom stereocenters. The largest absolute Gasteiger partial charge is 0.355 e. The van der Waals surface area contributed by atoms with E-state index in [0.29, 0.717) is 19.6 Å². The number of hydrogen-bond donors (Lipinski definition) is 2. The standard InChI is InChI=1S/C13H23N3O2/c17-12(16-8-2-1-3-9-16)10-14-6-7-15-13(18)11-4-5-11/h11,14H,1-10H2,(H,15,18). The van der Waals surface area contributed by atoms with Gasteiger partial charge in [-0.15, -0.1) is 0 Å². The summed E-state index contributed by atoms with van der Waals surface area (Å²) in [7, 11) is 0. The fourth-order valence-corrected chi connectivity index (χ4v) is 2.21. The highest BCUT2D eigenvalue weighted by atomic mass is 16.2. The first-order valence-corrected chi connectivity index (χ1v) is 7.03. The van der Waals surface area contributed by atoms with Gasteiger partial charge in [0.25, 0.3) is 0 Å². The third-order valence-electron chi connectivity index (χ3n) is 3.53. The zero-order valence-electron chi connectivity index (χ0n) is 10.9. The second kappa shape index (κ2) is 6.73. The number of hydrogen-bond acceptors (Lipinski definition) is 3. The first-order valence-electron chi connectivity index (χ1n) is 7.03. The number of rotatable bonds is 6. The van der Waals surface area contributed by atoms with Crippen LogP contribution in [0.25, 0.3) is 0 Å². The lowest BCUT2D eigenvalue weighted by Gasteiger charge is -2.26. The summed E-state index contributed by atoms with van der Waals surface area (Å²) in [6, 6.07) is 0. The van der Waals surface area contributed by atoms with Crippen molar-refractivity contribution in [1.82, 2.24) is 15.5 Å². The van der Waals surface area contributed by atoms with Crippen LogP contribution in [-0.2, 0) is 9.59 Å². The molecule has 1 saturated heterocycles. The number of nitrogens with one attached hydrogen (secondary N) is 2. The van der Waals surface area contributed by atoms with E-state index in [9.17, 15) is 9.59 Å². The Kier molecular flexibility index (Phi) is 4.99. The van der Waals surface area contributed by atoms with E-state index in [2.05, 4.69) is 10.6 Å². The Labute approximate surface area is 108 Å². The number of carbonyl (C=O) groups is 2. The molecule has 102 valence electrons. The number of amides is 2. The van der Waals surface area contributed by atoms with Gasteiger partial charge >= 0.3 is 0 Å². The second-order valence-corrected chi connectivity index (χ2v) is 5.18. The molecule has 2 rings (SSSR count). The molecule has 1 aliphatic heterocycles. The molecule has 0 aromatic rings. The zero-order chi connectivity index (χ0) is 12.8. The van der Waals surface area contributed by atoms with Crippen molar-refractivity contribution in [3.8, 4) is 0 Å². The molecule has 0 unspecified atom stereocenters. The molecule has 1 heterocycles. The van der Waals surface area contributed by atoms with Crippen LogP contribution in [0.4, 0.5) is 0 Å². The molecule has 2 N–H and O–H groups in total. The Morgan fingerprint density at radius 3 is 2.44 bits per heavy atom. The molecule has 2 aliphatic rings. The quantitative estimate of drug-likeness (QED) is 0.661.